The molecule has 0 bridgehead atoms. The van der Waals surface area contributed by atoms with Gasteiger partial charge < -0.3 is 19.9 Å². The van der Waals surface area contributed by atoms with E-state index in [9.17, 15) is 4.79 Å². The molecule has 0 aliphatic carbocycles. The second-order valence-electron chi connectivity index (χ2n) is 4.43. The molecular formula is C12H22N4O2. The van der Waals surface area contributed by atoms with E-state index >= 15 is 0 Å². The summed E-state index contributed by atoms with van der Waals surface area (Å²) in [5.74, 6) is 0.00120. The molecule has 0 saturated heterocycles. The van der Waals surface area contributed by atoms with Gasteiger partial charge in [0.25, 0.3) is 0 Å². The van der Waals surface area contributed by atoms with Crippen LogP contribution in [0.1, 0.15) is 19.5 Å². The van der Waals surface area contributed by atoms with Crippen LogP contribution >= 0.6 is 0 Å². The number of carbonyl (C=O) groups is 1. The Morgan fingerprint density at radius 2 is 2.33 bits per heavy atom. The standard InChI is InChI=1S/C12H22N4O2/c1-10(2)15-12(17)8-16-7-11(14-9-16)6-13-4-5-18-3/h7,9-10,13H,4-6,8H2,1-3H3,(H,15,17). The highest BCUT2D eigenvalue weighted by molar-refractivity contribution is 5.75. The van der Waals surface area contributed by atoms with Gasteiger partial charge in [-0.15, -0.1) is 0 Å². The summed E-state index contributed by atoms with van der Waals surface area (Å²) in [7, 11) is 1.67. The predicted molar refractivity (Wildman–Crippen MR) is 69.1 cm³/mol. The van der Waals surface area contributed by atoms with Crippen molar-refractivity contribution in [2.45, 2.75) is 33.0 Å². The van der Waals surface area contributed by atoms with Gasteiger partial charge in [0.15, 0.2) is 0 Å². The summed E-state index contributed by atoms with van der Waals surface area (Å²) in [4.78, 5) is 15.8. The molecule has 0 saturated carbocycles. The number of imidazole rings is 1. The van der Waals surface area contributed by atoms with Gasteiger partial charge >= 0.3 is 0 Å². The van der Waals surface area contributed by atoms with Crippen molar-refractivity contribution < 1.29 is 9.53 Å². The molecule has 1 heterocycles. The van der Waals surface area contributed by atoms with Gasteiger partial charge in [-0.2, -0.15) is 0 Å². The van der Waals surface area contributed by atoms with Gasteiger partial charge in [-0.05, 0) is 13.8 Å². The topological polar surface area (TPSA) is 68.2 Å². The van der Waals surface area contributed by atoms with Crippen LogP contribution in [0.15, 0.2) is 12.5 Å². The van der Waals surface area contributed by atoms with E-state index in [1.807, 2.05) is 20.0 Å². The zero-order chi connectivity index (χ0) is 13.4. The number of methoxy groups -OCH3 is 1. The van der Waals surface area contributed by atoms with Crippen molar-refractivity contribution in [3.63, 3.8) is 0 Å². The van der Waals surface area contributed by atoms with Crippen LogP contribution in [0, 0.1) is 0 Å². The van der Waals surface area contributed by atoms with E-state index in [-0.39, 0.29) is 11.9 Å². The first-order valence-corrected chi connectivity index (χ1v) is 6.11. The fourth-order valence-electron chi connectivity index (χ4n) is 1.51. The number of rotatable bonds is 8. The summed E-state index contributed by atoms with van der Waals surface area (Å²) < 4.78 is 6.72. The summed E-state index contributed by atoms with van der Waals surface area (Å²) in [6, 6.07) is 0.163. The first kappa shape index (κ1) is 14.7. The number of carbonyl (C=O) groups excluding carboxylic acids is 1. The molecule has 6 nitrogen and oxygen atoms in total. The number of aromatic nitrogens is 2. The number of amides is 1. The molecular weight excluding hydrogens is 232 g/mol. The normalized spacial score (nSPS) is 10.9. The average Bonchev–Trinajstić information content (AvgIpc) is 2.71. The van der Waals surface area contributed by atoms with Crippen LogP contribution in [0.25, 0.3) is 0 Å². The molecule has 102 valence electrons. The zero-order valence-electron chi connectivity index (χ0n) is 11.3. The van der Waals surface area contributed by atoms with Crippen LogP contribution in [0.5, 0.6) is 0 Å². The number of nitrogens with one attached hydrogen (secondary N) is 2. The van der Waals surface area contributed by atoms with Gasteiger partial charge in [0, 0.05) is 32.4 Å². The van der Waals surface area contributed by atoms with Crippen molar-refractivity contribution in [1.82, 2.24) is 20.2 Å². The number of ether oxygens (including phenoxy) is 1. The largest absolute Gasteiger partial charge is 0.383 e. The van der Waals surface area contributed by atoms with E-state index in [1.165, 1.54) is 0 Å². The molecule has 0 radical (unpaired) electrons. The maximum atomic E-state index is 11.5. The van der Waals surface area contributed by atoms with Gasteiger partial charge in [0.2, 0.25) is 5.91 Å². The van der Waals surface area contributed by atoms with Crippen molar-refractivity contribution in [3.05, 3.63) is 18.2 Å². The highest BCUT2D eigenvalue weighted by atomic mass is 16.5. The van der Waals surface area contributed by atoms with Crippen LogP contribution < -0.4 is 10.6 Å². The smallest absolute Gasteiger partial charge is 0.240 e. The van der Waals surface area contributed by atoms with E-state index in [4.69, 9.17) is 4.74 Å². The van der Waals surface area contributed by atoms with E-state index < -0.39 is 0 Å². The summed E-state index contributed by atoms with van der Waals surface area (Å²) in [5, 5.41) is 6.04. The molecule has 1 aromatic heterocycles. The Labute approximate surface area is 108 Å². The maximum absolute atomic E-state index is 11.5. The first-order valence-electron chi connectivity index (χ1n) is 6.11. The van der Waals surface area contributed by atoms with Crippen LogP contribution in [-0.4, -0.2) is 41.8 Å². The van der Waals surface area contributed by atoms with E-state index in [0.717, 1.165) is 12.2 Å². The minimum Gasteiger partial charge on any atom is -0.383 e. The third-order valence-corrected chi connectivity index (χ3v) is 2.25. The minimum absolute atomic E-state index is 0.00120. The van der Waals surface area contributed by atoms with Crippen molar-refractivity contribution >= 4 is 5.91 Å². The van der Waals surface area contributed by atoms with Crippen molar-refractivity contribution in [1.29, 1.82) is 0 Å². The summed E-state index contributed by atoms with van der Waals surface area (Å²) in [5.41, 5.74) is 0.920. The highest BCUT2D eigenvalue weighted by Gasteiger charge is 2.05. The van der Waals surface area contributed by atoms with Gasteiger partial charge in [-0.25, -0.2) is 4.98 Å². The maximum Gasteiger partial charge on any atom is 0.240 e. The fourth-order valence-corrected chi connectivity index (χ4v) is 1.51. The molecule has 6 heteroatoms. The summed E-state index contributed by atoms with van der Waals surface area (Å²) in [6.07, 6.45) is 3.55. The lowest BCUT2D eigenvalue weighted by Crippen LogP contribution is -2.32. The quantitative estimate of drug-likeness (QED) is 0.648. The lowest BCUT2D eigenvalue weighted by atomic mass is 10.4. The number of hydrogen-bond acceptors (Lipinski definition) is 4. The Morgan fingerprint density at radius 1 is 1.56 bits per heavy atom. The molecule has 0 fully saturated rings. The lowest BCUT2D eigenvalue weighted by molar-refractivity contribution is -0.122. The number of nitrogens with zero attached hydrogens (tertiary/aromatic N) is 2. The average molecular weight is 254 g/mol. The number of hydrogen-bond donors (Lipinski definition) is 2. The molecule has 0 aliphatic rings. The zero-order valence-corrected chi connectivity index (χ0v) is 11.3. The Hall–Kier alpha value is -1.40. The Balaban J connectivity index is 2.31. The van der Waals surface area contributed by atoms with Crippen LogP contribution in [0.3, 0.4) is 0 Å². The lowest BCUT2D eigenvalue weighted by Gasteiger charge is -2.08. The van der Waals surface area contributed by atoms with Crippen LogP contribution in [0.4, 0.5) is 0 Å². The Bertz CT molecular complexity index is 363. The first-order chi connectivity index (χ1) is 8.61. The Morgan fingerprint density at radius 3 is 3.00 bits per heavy atom. The summed E-state index contributed by atoms with van der Waals surface area (Å²) in [6.45, 7) is 6.34. The third-order valence-electron chi connectivity index (χ3n) is 2.25. The molecule has 1 rings (SSSR count). The molecule has 1 amide bonds. The molecule has 0 spiro atoms. The molecule has 2 N–H and O–H groups in total. The third kappa shape index (κ3) is 5.79. The van der Waals surface area contributed by atoms with Gasteiger partial charge in [-0.3, -0.25) is 4.79 Å². The monoisotopic (exact) mass is 254 g/mol. The van der Waals surface area contributed by atoms with Crippen LogP contribution in [-0.2, 0) is 22.6 Å². The molecule has 0 atom stereocenters. The van der Waals surface area contributed by atoms with E-state index in [2.05, 4.69) is 15.6 Å². The fraction of sp³-hybridized carbons (Fsp3) is 0.667. The van der Waals surface area contributed by atoms with Crippen LogP contribution in [0.2, 0.25) is 0 Å². The molecule has 0 aliphatic heterocycles. The molecule has 0 aromatic carbocycles. The second-order valence-corrected chi connectivity index (χ2v) is 4.43. The van der Waals surface area contributed by atoms with Crippen molar-refractivity contribution in [2.24, 2.45) is 0 Å². The van der Waals surface area contributed by atoms with Gasteiger partial charge in [0.05, 0.1) is 18.6 Å². The SMILES string of the molecule is COCCNCc1cn(CC(=O)NC(C)C)cn1. The molecule has 1 aromatic rings. The van der Waals surface area contributed by atoms with Crippen molar-refractivity contribution in [2.75, 3.05) is 20.3 Å². The van der Waals surface area contributed by atoms with Gasteiger partial charge in [-0.1, -0.05) is 0 Å². The minimum atomic E-state index is 0.00120. The summed E-state index contributed by atoms with van der Waals surface area (Å²) >= 11 is 0. The van der Waals surface area contributed by atoms with Gasteiger partial charge in [0.1, 0.15) is 6.54 Å². The van der Waals surface area contributed by atoms with Crippen molar-refractivity contribution in [3.8, 4) is 0 Å². The molecule has 0 unspecified atom stereocenters. The van der Waals surface area contributed by atoms with E-state index in [0.29, 0.717) is 19.7 Å². The second kappa shape index (κ2) is 7.84. The highest BCUT2D eigenvalue weighted by Crippen LogP contribution is 1.96. The predicted octanol–water partition coefficient (Wildman–Crippen LogP) is 0.144. The Kier molecular flexibility index (Phi) is 6.38. The van der Waals surface area contributed by atoms with E-state index in [1.54, 1.807) is 18.0 Å². The molecule has 18 heavy (non-hydrogen) atoms.